The summed E-state index contributed by atoms with van der Waals surface area (Å²) < 4.78 is 11.2. The van der Waals surface area contributed by atoms with E-state index in [1.165, 1.54) is 44.9 Å². The average molecular weight is 333 g/mol. The van der Waals surface area contributed by atoms with Gasteiger partial charge in [0.2, 0.25) is 0 Å². The lowest BCUT2D eigenvalue weighted by molar-refractivity contribution is 0.0129. The molecule has 1 saturated carbocycles. The third kappa shape index (κ3) is 5.86. The normalized spacial score (nSPS) is 22.7. The number of furan rings is 1. The number of ether oxygens (including phenoxy) is 1. The number of rotatable bonds is 7. The molecule has 24 heavy (non-hydrogen) atoms. The van der Waals surface area contributed by atoms with Crippen molar-refractivity contribution in [1.29, 1.82) is 0 Å². The molecule has 2 N–H and O–H groups in total. The van der Waals surface area contributed by atoms with Crippen LogP contribution < -0.4 is 10.6 Å². The largest absolute Gasteiger partial charge is 0.469 e. The molecular weight excluding hydrogens is 302 g/mol. The van der Waals surface area contributed by atoms with Crippen molar-refractivity contribution >= 4 is 5.96 Å². The lowest BCUT2D eigenvalue weighted by Gasteiger charge is -2.22. The van der Waals surface area contributed by atoms with E-state index in [9.17, 15) is 0 Å². The van der Waals surface area contributed by atoms with E-state index in [0.717, 1.165) is 44.3 Å². The summed E-state index contributed by atoms with van der Waals surface area (Å²) in [6, 6.07) is 4.53. The zero-order valence-corrected chi connectivity index (χ0v) is 14.6. The maximum atomic E-state index is 5.80. The highest BCUT2D eigenvalue weighted by atomic mass is 16.5. The van der Waals surface area contributed by atoms with Gasteiger partial charge in [0.15, 0.2) is 5.96 Å². The zero-order valence-electron chi connectivity index (χ0n) is 14.6. The molecule has 1 unspecified atom stereocenters. The van der Waals surface area contributed by atoms with Gasteiger partial charge in [0.05, 0.1) is 12.4 Å². The minimum absolute atomic E-state index is 0.401. The molecular formula is C19H31N3O2. The van der Waals surface area contributed by atoms with Gasteiger partial charge in [-0.3, -0.25) is 4.99 Å². The van der Waals surface area contributed by atoms with Crippen molar-refractivity contribution in [3.8, 4) is 0 Å². The summed E-state index contributed by atoms with van der Waals surface area (Å²) in [5.74, 6) is 1.96. The number of nitrogens with one attached hydrogen (secondary N) is 2. The second kappa shape index (κ2) is 9.72. The van der Waals surface area contributed by atoms with Crippen LogP contribution in [0, 0.1) is 0 Å². The van der Waals surface area contributed by atoms with Gasteiger partial charge in [-0.2, -0.15) is 0 Å². The molecule has 2 fully saturated rings. The average Bonchev–Trinajstić information content (AvgIpc) is 3.29. The molecule has 1 aliphatic carbocycles. The van der Waals surface area contributed by atoms with Crippen LogP contribution in [-0.4, -0.2) is 37.8 Å². The fourth-order valence-corrected chi connectivity index (χ4v) is 3.53. The van der Waals surface area contributed by atoms with Crippen LogP contribution >= 0.6 is 0 Å². The Morgan fingerprint density at radius 2 is 2.04 bits per heavy atom. The Bertz CT molecular complexity index is 475. The predicted molar refractivity (Wildman–Crippen MR) is 96.3 cm³/mol. The lowest BCUT2D eigenvalue weighted by atomic mass is 10.1. The highest BCUT2D eigenvalue weighted by molar-refractivity contribution is 5.80. The molecule has 3 rings (SSSR count). The summed E-state index contributed by atoms with van der Waals surface area (Å²) in [5.41, 5.74) is 0. The van der Waals surface area contributed by atoms with Gasteiger partial charge in [-0.25, -0.2) is 0 Å². The number of guanidine groups is 1. The molecule has 0 radical (unpaired) electrons. The molecule has 0 spiro atoms. The van der Waals surface area contributed by atoms with Gasteiger partial charge < -0.3 is 19.8 Å². The fraction of sp³-hybridized carbons (Fsp3) is 0.737. The minimum Gasteiger partial charge on any atom is -0.469 e. The van der Waals surface area contributed by atoms with E-state index >= 15 is 0 Å². The highest BCUT2D eigenvalue weighted by Crippen LogP contribution is 2.18. The maximum absolute atomic E-state index is 5.80. The summed E-state index contributed by atoms with van der Waals surface area (Å²) in [6.45, 7) is 2.59. The summed E-state index contributed by atoms with van der Waals surface area (Å²) in [5, 5.41) is 7.06. The first-order chi connectivity index (χ1) is 11.9. The zero-order chi connectivity index (χ0) is 16.5. The van der Waals surface area contributed by atoms with Crippen LogP contribution in [0.1, 0.15) is 57.1 Å². The summed E-state index contributed by atoms with van der Waals surface area (Å²) in [6.07, 6.45) is 12.9. The quantitative estimate of drug-likeness (QED) is 0.594. The topological polar surface area (TPSA) is 58.8 Å². The Balaban J connectivity index is 1.44. The van der Waals surface area contributed by atoms with E-state index in [4.69, 9.17) is 14.1 Å². The number of aliphatic imine (C=N–C) groups is 1. The monoisotopic (exact) mass is 333 g/mol. The molecule has 5 nitrogen and oxygen atoms in total. The van der Waals surface area contributed by atoms with Gasteiger partial charge >= 0.3 is 0 Å². The van der Waals surface area contributed by atoms with Gasteiger partial charge in [0.25, 0.3) is 0 Å². The van der Waals surface area contributed by atoms with Crippen molar-refractivity contribution in [2.45, 2.75) is 69.9 Å². The molecule has 1 aromatic heterocycles. The van der Waals surface area contributed by atoms with Crippen molar-refractivity contribution < 1.29 is 9.15 Å². The molecule has 0 aromatic carbocycles. The van der Waals surface area contributed by atoms with E-state index in [1.807, 2.05) is 12.1 Å². The molecule has 0 bridgehead atoms. The molecule has 1 aliphatic heterocycles. The van der Waals surface area contributed by atoms with Crippen LogP contribution in [0.15, 0.2) is 27.8 Å². The van der Waals surface area contributed by atoms with Crippen molar-refractivity contribution in [3.05, 3.63) is 24.2 Å². The molecule has 2 aliphatic rings. The molecule has 1 saturated heterocycles. The first-order valence-corrected chi connectivity index (χ1v) is 9.59. The van der Waals surface area contributed by atoms with Crippen molar-refractivity contribution in [2.75, 3.05) is 19.7 Å². The molecule has 134 valence electrons. The molecule has 1 aromatic rings. The van der Waals surface area contributed by atoms with Gasteiger partial charge in [0.1, 0.15) is 5.76 Å². The Morgan fingerprint density at radius 3 is 2.79 bits per heavy atom. The second-order valence-corrected chi connectivity index (χ2v) is 6.89. The van der Waals surface area contributed by atoms with Crippen LogP contribution in [0.3, 0.4) is 0 Å². The van der Waals surface area contributed by atoms with E-state index < -0.39 is 0 Å². The van der Waals surface area contributed by atoms with Crippen LogP contribution in [0.25, 0.3) is 0 Å². The second-order valence-electron chi connectivity index (χ2n) is 6.89. The SMILES string of the molecule is c1coc(CCNC(=NCCC2CCCCO2)NC2CCCC2)c1. The number of nitrogens with zero attached hydrogens (tertiary/aromatic N) is 1. The summed E-state index contributed by atoms with van der Waals surface area (Å²) in [7, 11) is 0. The predicted octanol–water partition coefficient (Wildman–Crippen LogP) is 3.26. The van der Waals surface area contributed by atoms with Crippen LogP contribution in [0.5, 0.6) is 0 Å². The van der Waals surface area contributed by atoms with Crippen molar-refractivity contribution in [1.82, 2.24) is 10.6 Å². The summed E-state index contributed by atoms with van der Waals surface area (Å²) >= 11 is 0. The van der Waals surface area contributed by atoms with E-state index in [2.05, 4.69) is 10.6 Å². The van der Waals surface area contributed by atoms with Gasteiger partial charge in [-0.1, -0.05) is 12.8 Å². The van der Waals surface area contributed by atoms with Gasteiger partial charge in [-0.05, 0) is 50.7 Å². The fourth-order valence-electron chi connectivity index (χ4n) is 3.53. The van der Waals surface area contributed by atoms with Crippen molar-refractivity contribution in [3.63, 3.8) is 0 Å². The van der Waals surface area contributed by atoms with E-state index in [0.29, 0.717) is 12.1 Å². The van der Waals surface area contributed by atoms with Gasteiger partial charge in [0, 0.05) is 32.2 Å². The highest BCUT2D eigenvalue weighted by Gasteiger charge is 2.17. The Hall–Kier alpha value is -1.49. The first-order valence-electron chi connectivity index (χ1n) is 9.59. The van der Waals surface area contributed by atoms with Crippen LogP contribution in [-0.2, 0) is 11.2 Å². The number of hydrogen-bond donors (Lipinski definition) is 2. The van der Waals surface area contributed by atoms with Crippen LogP contribution in [0.4, 0.5) is 0 Å². The Morgan fingerprint density at radius 1 is 1.17 bits per heavy atom. The Labute approximate surface area is 145 Å². The molecule has 1 atom stereocenters. The third-order valence-corrected chi connectivity index (χ3v) is 4.93. The Kier molecular flexibility index (Phi) is 7.02. The molecule has 2 heterocycles. The van der Waals surface area contributed by atoms with E-state index in [1.54, 1.807) is 6.26 Å². The molecule has 5 heteroatoms. The first kappa shape index (κ1) is 17.3. The minimum atomic E-state index is 0.401. The van der Waals surface area contributed by atoms with Crippen molar-refractivity contribution in [2.24, 2.45) is 4.99 Å². The van der Waals surface area contributed by atoms with Crippen LogP contribution in [0.2, 0.25) is 0 Å². The smallest absolute Gasteiger partial charge is 0.191 e. The lowest BCUT2D eigenvalue weighted by Crippen LogP contribution is -2.43. The standard InChI is InChI=1S/C19H31N3O2/c1-2-7-16(6-1)22-19(21-13-11-18-9-5-15-24-18)20-12-10-17-8-3-4-14-23-17/h5,9,15-17H,1-4,6-8,10-14H2,(H2,20,21,22). The summed E-state index contributed by atoms with van der Waals surface area (Å²) in [4.78, 5) is 4.78. The van der Waals surface area contributed by atoms with Gasteiger partial charge in [-0.15, -0.1) is 0 Å². The van der Waals surface area contributed by atoms with E-state index in [-0.39, 0.29) is 0 Å². The third-order valence-electron chi connectivity index (χ3n) is 4.93. The maximum Gasteiger partial charge on any atom is 0.191 e. The number of hydrogen-bond acceptors (Lipinski definition) is 3. The molecule has 0 amide bonds.